The molecule has 0 heterocycles. The van der Waals surface area contributed by atoms with Gasteiger partial charge in [0, 0.05) is 13.4 Å². The third-order valence-corrected chi connectivity index (χ3v) is 8.49. The predicted molar refractivity (Wildman–Crippen MR) is 115 cm³/mol. The van der Waals surface area contributed by atoms with Crippen LogP contribution in [0.5, 0.6) is 0 Å². The molecule has 4 rings (SSSR count). The fourth-order valence-corrected chi connectivity index (χ4v) is 6.69. The quantitative estimate of drug-likeness (QED) is 0.288. The van der Waals surface area contributed by atoms with Crippen LogP contribution in [0, 0.1) is 17.8 Å². The van der Waals surface area contributed by atoms with Gasteiger partial charge < -0.3 is 14.8 Å². The minimum atomic E-state index is -3.14. The number of allylic oxidation sites excluding steroid dienone is 2. The van der Waals surface area contributed by atoms with Crippen molar-refractivity contribution in [1.29, 1.82) is 0 Å². The predicted octanol–water partition coefficient (Wildman–Crippen LogP) is 1.25. The number of nitrogens with one attached hydrogen (secondary N) is 1. The Morgan fingerprint density at radius 2 is 1.97 bits per heavy atom. The molecule has 3 aliphatic carbocycles. The number of fused-ring (bicyclic) bond motifs is 3. The number of hydrogen-bond acceptors (Lipinski definition) is 3. The van der Waals surface area contributed by atoms with Gasteiger partial charge in [-0.2, -0.15) is 0 Å². The summed E-state index contributed by atoms with van der Waals surface area (Å²) in [6.45, 7) is 1.32. The van der Waals surface area contributed by atoms with Crippen molar-refractivity contribution >= 4 is 13.3 Å². The molecule has 0 aliphatic heterocycles. The summed E-state index contributed by atoms with van der Waals surface area (Å²) in [6.07, 6.45) is 12.9. The molecular weight excluding hydrogens is 404 g/mol. The number of benzene rings is 1. The van der Waals surface area contributed by atoms with Gasteiger partial charge in [0.1, 0.15) is 0 Å². The second-order valence-electron chi connectivity index (χ2n) is 9.41. The van der Waals surface area contributed by atoms with Crippen LogP contribution in [-0.4, -0.2) is 24.8 Å². The maximum atomic E-state index is 13.1. The fraction of sp³-hybridized carbons (Fsp3) is 0.625. The van der Waals surface area contributed by atoms with Gasteiger partial charge in [-0.15, -0.1) is 0 Å². The Morgan fingerprint density at radius 1 is 1.20 bits per heavy atom. The average Bonchev–Trinajstić information content (AvgIpc) is 3.38. The van der Waals surface area contributed by atoms with Crippen molar-refractivity contribution < 1.29 is 43.8 Å². The number of carbonyl (C=O) groups is 1. The standard InChI is InChI=1S/C24H34NO3P.Na/c1-29(27,28)15-7-3-2-4-10-21-18-11-12-19(16-18)23(21)25-24(26)22-14-13-17-8-5-6-9-20(17)22;/h2,4-6,8-9,18-19,21-23H,3,7,10-16H2,1H3,(H,25,26)(H,27,28);/q;+1/p-1/b4-2+;. The molecule has 2 saturated carbocycles. The van der Waals surface area contributed by atoms with Crippen molar-refractivity contribution in [2.45, 2.75) is 63.3 Å². The van der Waals surface area contributed by atoms with Crippen LogP contribution >= 0.6 is 7.37 Å². The Kier molecular flexibility index (Phi) is 8.49. The molecule has 0 spiro atoms. The molecule has 6 atom stereocenters. The topological polar surface area (TPSA) is 69.2 Å². The van der Waals surface area contributed by atoms with Gasteiger partial charge in [0.05, 0.1) is 5.92 Å². The molecule has 1 aromatic rings. The van der Waals surface area contributed by atoms with Gasteiger partial charge in [0.25, 0.3) is 0 Å². The Hall–Kier alpha value is -0.380. The number of hydrogen-bond donors (Lipinski definition) is 1. The summed E-state index contributed by atoms with van der Waals surface area (Å²) in [6, 6.07) is 8.67. The van der Waals surface area contributed by atoms with Gasteiger partial charge in [-0.3, -0.25) is 4.79 Å². The van der Waals surface area contributed by atoms with E-state index in [9.17, 15) is 14.3 Å². The molecule has 6 unspecified atom stereocenters. The summed E-state index contributed by atoms with van der Waals surface area (Å²) in [7, 11) is -3.14. The molecule has 1 amide bonds. The summed E-state index contributed by atoms with van der Waals surface area (Å²) in [5.41, 5.74) is 2.55. The van der Waals surface area contributed by atoms with Crippen molar-refractivity contribution in [1.82, 2.24) is 5.32 Å². The van der Waals surface area contributed by atoms with E-state index in [1.165, 1.54) is 37.1 Å². The van der Waals surface area contributed by atoms with Crippen LogP contribution in [-0.2, 0) is 15.8 Å². The number of rotatable bonds is 8. The Bertz CT molecular complexity index is 820. The van der Waals surface area contributed by atoms with E-state index in [1.807, 2.05) is 6.07 Å². The molecule has 0 saturated heterocycles. The van der Waals surface area contributed by atoms with Crippen molar-refractivity contribution in [2.24, 2.45) is 17.8 Å². The first-order valence-electron chi connectivity index (χ1n) is 11.2. The zero-order valence-corrected chi connectivity index (χ0v) is 21.3. The van der Waals surface area contributed by atoms with Crippen LogP contribution in [0.15, 0.2) is 36.4 Å². The fourth-order valence-electron chi connectivity index (χ4n) is 5.94. The van der Waals surface area contributed by atoms with E-state index in [0.29, 0.717) is 24.3 Å². The van der Waals surface area contributed by atoms with Crippen LogP contribution in [0.25, 0.3) is 0 Å². The Morgan fingerprint density at radius 3 is 2.77 bits per heavy atom. The monoisotopic (exact) mass is 437 g/mol. The van der Waals surface area contributed by atoms with E-state index in [2.05, 4.69) is 35.7 Å². The molecule has 4 nitrogen and oxygen atoms in total. The summed E-state index contributed by atoms with van der Waals surface area (Å²) in [5.74, 6) is 2.12. The molecule has 1 aromatic carbocycles. The van der Waals surface area contributed by atoms with Crippen LogP contribution in [0.2, 0.25) is 0 Å². The van der Waals surface area contributed by atoms with Crippen LogP contribution in [0.3, 0.4) is 0 Å². The molecule has 30 heavy (non-hydrogen) atoms. The average molecular weight is 437 g/mol. The third-order valence-electron chi connectivity index (χ3n) is 7.36. The Balaban J connectivity index is 0.00000256. The molecule has 0 aromatic heterocycles. The number of unbranched alkanes of at least 4 members (excludes halogenated alkanes) is 1. The maximum Gasteiger partial charge on any atom is 1.00 e. The van der Waals surface area contributed by atoms with Gasteiger partial charge in [-0.25, -0.2) is 0 Å². The van der Waals surface area contributed by atoms with Gasteiger partial charge in [-0.1, -0.05) is 36.4 Å². The van der Waals surface area contributed by atoms with E-state index in [1.54, 1.807) is 0 Å². The van der Waals surface area contributed by atoms with E-state index < -0.39 is 7.37 Å². The number of carbonyl (C=O) groups excluding carboxylic acids is 1. The maximum absolute atomic E-state index is 13.1. The number of aryl methyl sites for hydroxylation is 1. The molecular formula is C24H33NNaO3P. The third kappa shape index (κ3) is 5.70. The Labute approximate surface area is 203 Å². The second kappa shape index (κ2) is 10.5. The normalized spacial score (nSPS) is 31.3. The van der Waals surface area contributed by atoms with E-state index in [0.717, 1.165) is 31.6 Å². The molecule has 0 radical (unpaired) electrons. The molecule has 6 heteroatoms. The first-order valence-corrected chi connectivity index (χ1v) is 13.5. The first kappa shape index (κ1) is 24.3. The largest absolute Gasteiger partial charge is 1.00 e. The first-order chi connectivity index (χ1) is 13.9. The molecule has 2 bridgehead atoms. The van der Waals surface area contributed by atoms with Gasteiger partial charge in [0.15, 0.2) is 0 Å². The second-order valence-corrected chi connectivity index (χ2v) is 11.9. The molecule has 1 N–H and O–H groups in total. The summed E-state index contributed by atoms with van der Waals surface area (Å²) < 4.78 is 11.3. The van der Waals surface area contributed by atoms with Crippen molar-refractivity contribution in [3.8, 4) is 0 Å². The minimum absolute atomic E-state index is 0. The summed E-state index contributed by atoms with van der Waals surface area (Å²) in [5, 5.41) is 3.46. The van der Waals surface area contributed by atoms with Crippen LogP contribution < -0.4 is 39.8 Å². The van der Waals surface area contributed by atoms with Gasteiger partial charge >= 0.3 is 29.6 Å². The van der Waals surface area contributed by atoms with Crippen molar-refractivity contribution in [2.75, 3.05) is 12.8 Å². The van der Waals surface area contributed by atoms with Crippen molar-refractivity contribution in [3.05, 3.63) is 47.5 Å². The van der Waals surface area contributed by atoms with E-state index >= 15 is 0 Å². The van der Waals surface area contributed by atoms with Crippen molar-refractivity contribution in [3.63, 3.8) is 0 Å². The van der Waals surface area contributed by atoms with Gasteiger partial charge in [0.2, 0.25) is 5.91 Å². The zero-order chi connectivity index (χ0) is 20.4. The smallest absolute Gasteiger partial charge is 0.799 e. The molecule has 158 valence electrons. The SMILES string of the molecule is CP(=O)([O-])CCC/C=C/CC1C2CCC(C2)C1NC(=O)C1CCc2ccccc21.[Na+]. The molecule has 2 fully saturated rings. The molecule has 3 aliphatic rings. The summed E-state index contributed by atoms with van der Waals surface area (Å²) >= 11 is 0. The van der Waals surface area contributed by atoms with E-state index in [-0.39, 0.29) is 47.5 Å². The van der Waals surface area contributed by atoms with E-state index in [4.69, 9.17) is 0 Å². The van der Waals surface area contributed by atoms with Crippen LogP contribution in [0.1, 0.15) is 62.0 Å². The minimum Gasteiger partial charge on any atom is -0.799 e. The number of amides is 1. The van der Waals surface area contributed by atoms with Gasteiger partial charge in [-0.05, 0) is 93.1 Å². The van der Waals surface area contributed by atoms with Crippen LogP contribution in [0.4, 0.5) is 0 Å². The zero-order valence-electron chi connectivity index (χ0n) is 18.4. The summed E-state index contributed by atoms with van der Waals surface area (Å²) in [4.78, 5) is 24.4.